The van der Waals surface area contributed by atoms with E-state index in [1.807, 2.05) is 6.26 Å². The Balaban J connectivity index is 2.07. The second-order valence-electron chi connectivity index (χ2n) is 3.44. The van der Waals surface area contributed by atoms with Gasteiger partial charge in [-0.2, -0.15) is 0 Å². The molecule has 0 aliphatic rings. The molecule has 0 saturated heterocycles. The van der Waals surface area contributed by atoms with Crippen molar-refractivity contribution in [1.29, 1.82) is 0 Å². The van der Waals surface area contributed by atoms with Crippen molar-refractivity contribution in [3.8, 4) is 0 Å². The van der Waals surface area contributed by atoms with Gasteiger partial charge in [-0.05, 0) is 29.5 Å². The lowest BCUT2D eigenvalue weighted by molar-refractivity contribution is 0.625. The third-order valence-electron chi connectivity index (χ3n) is 2.30. The fraction of sp³-hybridized carbons (Fsp3) is 0.273. The quantitative estimate of drug-likeness (QED) is 0.860. The number of aromatic nitrogens is 2. The van der Waals surface area contributed by atoms with Gasteiger partial charge in [0.1, 0.15) is 5.82 Å². The van der Waals surface area contributed by atoms with Crippen molar-refractivity contribution in [2.75, 3.05) is 6.26 Å². The first-order valence-electron chi connectivity index (χ1n) is 5.20. The van der Waals surface area contributed by atoms with Crippen LogP contribution in [0.4, 0.5) is 4.39 Å². The fourth-order valence-electron chi connectivity index (χ4n) is 1.41. The van der Waals surface area contributed by atoms with Gasteiger partial charge in [-0.15, -0.1) is 10.2 Å². The molecule has 18 heavy (non-hydrogen) atoms. The molecule has 0 amide bonds. The Kier molecular flexibility index (Phi) is 4.99. The highest BCUT2D eigenvalue weighted by Crippen LogP contribution is 2.30. The van der Waals surface area contributed by atoms with Crippen molar-refractivity contribution in [3.05, 3.63) is 35.1 Å². The van der Waals surface area contributed by atoms with Gasteiger partial charge >= 0.3 is 0 Å². The molecule has 2 N–H and O–H groups in total. The van der Waals surface area contributed by atoms with Crippen LogP contribution in [0, 0.1) is 5.82 Å². The van der Waals surface area contributed by atoms with Crippen LogP contribution < -0.4 is 5.73 Å². The monoisotopic (exact) mass is 301 g/mol. The first-order valence-corrected chi connectivity index (χ1v) is 8.23. The van der Waals surface area contributed by atoms with Crippen molar-refractivity contribution >= 4 is 34.9 Å². The largest absolute Gasteiger partial charge is 0.326 e. The van der Waals surface area contributed by atoms with Gasteiger partial charge in [-0.3, -0.25) is 0 Å². The van der Waals surface area contributed by atoms with E-state index < -0.39 is 0 Å². The summed E-state index contributed by atoms with van der Waals surface area (Å²) in [5.41, 5.74) is 7.53. The van der Waals surface area contributed by atoms with E-state index in [9.17, 15) is 4.39 Å². The maximum absolute atomic E-state index is 13.2. The summed E-state index contributed by atoms with van der Waals surface area (Å²) in [6, 6.07) is 4.71. The molecule has 0 bridgehead atoms. The summed E-state index contributed by atoms with van der Waals surface area (Å²) in [4.78, 5) is 0. The van der Waals surface area contributed by atoms with Crippen LogP contribution in [0.15, 0.2) is 26.9 Å². The Labute approximate surface area is 117 Å². The Bertz CT molecular complexity index is 530. The van der Waals surface area contributed by atoms with Crippen LogP contribution in [0.1, 0.15) is 11.1 Å². The Hall–Kier alpha value is -0.630. The summed E-state index contributed by atoms with van der Waals surface area (Å²) in [5, 5.41) is 8.08. The number of hydrogen-bond donors (Lipinski definition) is 1. The average molecular weight is 301 g/mol. The van der Waals surface area contributed by atoms with Crippen molar-refractivity contribution in [2.45, 2.75) is 21.0 Å². The van der Waals surface area contributed by atoms with Crippen molar-refractivity contribution in [2.24, 2.45) is 5.73 Å². The van der Waals surface area contributed by atoms with Gasteiger partial charge < -0.3 is 5.73 Å². The van der Waals surface area contributed by atoms with Crippen molar-refractivity contribution in [3.63, 3.8) is 0 Å². The van der Waals surface area contributed by atoms with Gasteiger partial charge in [0.2, 0.25) is 0 Å². The maximum Gasteiger partial charge on any atom is 0.175 e. The molecule has 1 aromatic carbocycles. The number of nitrogens with zero attached hydrogens (tertiary/aromatic N) is 2. The molecular weight excluding hydrogens is 289 g/mol. The van der Waals surface area contributed by atoms with Gasteiger partial charge in [0.05, 0.1) is 0 Å². The average Bonchev–Trinajstić information content (AvgIpc) is 2.84. The molecule has 0 unspecified atom stereocenters. The highest BCUT2D eigenvalue weighted by molar-refractivity contribution is 8.02. The lowest BCUT2D eigenvalue weighted by atomic mass is 10.1. The molecule has 2 rings (SSSR count). The minimum atomic E-state index is -0.232. The van der Waals surface area contributed by atoms with Crippen LogP contribution in [0.2, 0.25) is 0 Å². The van der Waals surface area contributed by atoms with Crippen LogP contribution in [-0.2, 0) is 12.3 Å². The second kappa shape index (κ2) is 6.51. The van der Waals surface area contributed by atoms with Crippen LogP contribution >= 0.6 is 34.9 Å². The van der Waals surface area contributed by atoms with Gasteiger partial charge in [0.15, 0.2) is 8.68 Å². The zero-order valence-corrected chi connectivity index (χ0v) is 12.2. The standard InChI is InChI=1S/C11H12FN3S3/c1-16-10-14-15-11(18-10)17-6-8-4-9(12)3-2-7(8)5-13/h2-4H,5-6,13H2,1H3. The molecule has 7 heteroatoms. The summed E-state index contributed by atoms with van der Waals surface area (Å²) in [7, 11) is 0. The molecule has 0 aliphatic carbocycles. The van der Waals surface area contributed by atoms with E-state index in [1.54, 1.807) is 40.9 Å². The zero-order chi connectivity index (χ0) is 13.0. The summed E-state index contributed by atoms with van der Waals surface area (Å²) < 4.78 is 15.0. The summed E-state index contributed by atoms with van der Waals surface area (Å²) in [6.45, 7) is 0.419. The van der Waals surface area contributed by atoms with Crippen LogP contribution in [0.5, 0.6) is 0 Å². The molecule has 0 aliphatic heterocycles. The Morgan fingerprint density at radius 1 is 1.28 bits per heavy atom. The van der Waals surface area contributed by atoms with Gasteiger partial charge in [-0.25, -0.2) is 4.39 Å². The van der Waals surface area contributed by atoms with E-state index in [-0.39, 0.29) is 5.82 Å². The lowest BCUT2D eigenvalue weighted by Gasteiger charge is -2.06. The van der Waals surface area contributed by atoms with E-state index in [0.29, 0.717) is 12.3 Å². The molecule has 1 aromatic heterocycles. The highest BCUT2D eigenvalue weighted by Gasteiger charge is 2.07. The number of rotatable bonds is 5. The number of hydrogen-bond acceptors (Lipinski definition) is 6. The van der Waals surface area contributed by atoms with Crippen LogP contribution in [-0.4, -0.2) is 16.5 Å². The Morgan fingerprint density at radius 3 is 2.72 bits per heavy atom. The van der Waals surface area contributed by atoms with Gasteiger partial charge in [0.25, 0.3) is 0 Å². The maximum atomic E-state index is 13.2. The highest BCUT2D eigenvalue weighted by atomic mass is 32.2. The fourth-order valence-corrected chi connectivity index (χ4v) is 3.86. The molecule has 1 heterocycles. The number of benzene rings is 1. The van der Waals surface area contributed by atoms with E-state index in [0.717, 1.165) is 19.8 Å². The van der Waals surface area contributed by atoms with E-state index in [4.69, 9.17) is 5.73 Å². The smallest absolute Gasteiger partial charge is 0.175 e. The minimum Gasteiger partial charge on any atom is -0.326 e. The third-order valence-corrected chi connectivity index (χ3v) is 5.38. The molecule has 0 atom stereocenters. The predicted molar refractivity (Wildman–Crippen MR) is 75.5 cm³/mol. The normalized spacial score (nSPS) is 10.8. The summed E-state index contributed by atoms with van der Waals surface area (Å²) in [6.07, 6.45) is 1.97. The SMILES string of the molecule is CSc1nnc(SCc2cc(F)ccc2CN)s1. The minimum absolute atomic E-state index is 0.232. The van der Waals surface area contributed by atoms with Crippen molar-refractivity contribution in [1.82, 2.24) is 10.2 Å². The number of halogens is 1. The molecule has 0 spiro atoms. The van der Waals surface area contributed by atoms with Crippen LogP contribution in [0.3, 0.4) is 0 Å². The Morgan fingerprint density at radius 2 is 2.06 bits per heavy atom. The van der Waals surface area contributed by atoms with E-state index >= 15 is 0 Å². The third kappa shape index (κ3) is 3.44. The predicted octanol–water partition coefficient (Wildman–Crippen LogP) is 3.15. The first kappa shape index (κ1) is 13.8. The van der Waals surface area contributed by atoms with Crippen LogP contribution in [0.25, 0.3) is 0 Å². The summed E-state index contributed by atoms with van der Waals surface area (Å²) >= 11 is 4.68. The molecule has 3 nitrogen and oxygen atoms in total. The molecule has 0 fully saturated rings. The molecule has 96 valence electrons. The lowest BCUT2D eigenvalue weighted by Crippen LogP contribution is -2.01. The van der Waals surface area contributed by atoms with E-state index in [2.05, 4.69) is 10.2 Å². The molecular formula is C11H12FN3S3. The van der Waals surface area contributed by atoms with Crippen molar-refractivity contribution < 1.29 is 4.39 Å². The molecule has 0 radical (unpaired) electrons. The number of nitrogens with two attached hydrogens (primary N) is 1. The molecule has 0 saturated carbocycles. The topological polar surface area (TPSA) is 51.8 Å². The van der Waals surface area contributed by atoms with Gasteiger partial charge in [-0.1, -0.05) is 40.9 Å². The van der Waals surface area contributed by atoms with E-state index in [1.165, 1.54) is 12.1 Å². The van der Waals surface area contributed by atoms with Gasteiger partial charge in [0, 0.05) is 12.3 Å². The summed E-state index contributed by atoms with van der Waals surface area (Å²) in [5.74, 6) is 0.428. The second-order valence-corrected chi connectivity index (χ2v) is 6.70. The first-order chi connectivity index (χ1) is 8.72. The number of thioether (sulfide) groups is 2. The zero-order valence-electron chi connectivity index (χ0n) is 9.72. The molecule has 2 aromatic rings.